The minimum Gasteiger partial charge on any atom is -0.384 e. The van der Waals surface area contributed by atoms with Crippen LogP contribution in [0.15, 0.2) is 43.0 Å². The van der Waals surface area contributed by atoms with Crippen molar-refractivity contribution in [3.05, 3.63) is 63.9 Å². The van der Waals surface area contributed by atoms with E-state index in [1.165, 1.54) is 11.3 Å². The summed E-state index contributed by atoms with van der Waals surface area (Å²) in [5.74, 6) is -0.0313. The Kier molecular flexibility index (Phi) is 5.75. The van der Waals surface area contributed by atoms with E-state index in [0.717, 1.165) is 26.6 Å². The first-order valence-electron chi connectivity index (χ1n) is 7.17. The van der Waals surface area contributed by atoms with E-state index in [2.05, 4.69) is 17.2 Å². The Morgan fingerprint density at radius 3 is 2.50 bits per heavy atom. The predicted octanol–water partition coefficient (Wildman–Crippen LogP) is 2.51. The number of benzene rings is 1. The number of carbonyl (C=O) groups excluding carboxylic acids is 1. The maximum atomic E-state index is 12.0. The van der Waals surface area contributed by atoms with Gasteiger partial charge in [-0.2, -0.15) is 0 Å². The average molecular weight is 315 g/mol. The molecule has 5 heteroatoms. The highest BCUT2D eigenvalue weighted by Gasteiger charge is 2.07. The van der Waals surface area contributed by atoms with Crippen molar-refractivity contribution in [3.8, 4) is 0 Å². The van der Waals surface area contributed by atoms with Gasteiger partial charge in [0.2, 0.25) is 0 Å². The molecule has 0 aliphatic rings. The van der Waals surface area contributed by atoms with Gasteiger partial charge in [0, 0.05) is 30.2 Å². The van der Waals surface area contributed by atoms with Gasteiger partial charge in [0.15, 0.2) is 0 Å². The van der Waals surface area contributed by atoms with Crippen molar-refractivity contribution in [2.45, 2.75) is 13.5 Å². The Hall–Kier alpha value is -2.11. The predicted molar refractivity (Wildman–Crippen MR) is 92.8 cm³/mol. The lowest BCUT2D eigenvalue weighted by molar-refractivity contribution is 0.0955. The van der Waals surface area contributed by atoms with Gasteiger partial charge in [-0.15, -0.1) is 11.3 Å². The lowest BCUT2D eigenvalue weighted by Crippen LogP contribution is -2.22. The molecule has 1 heterocycles. The summed E-state index contributed by atoms with van der Waals surface area (Å²) in [6.45, 7) is 7.76. The normalized spacial score (nSPS) is 10.3. The first kappa shape index (κ1) is 16.3. The molecule has 22 heavy (non-hydrogen) atoms. The number of carbonyl (C=O) groups is 1. The molecule has 1 aromatic carbocycles. The van der Waals surface area contributed by atoms with Crippen LogP contribution in [0.1, 0.15) is 25.7 Å². The van der Waals surface area contributed by atoms with Crippen molar-refractivity contribution in [1.29, 1.82) is 0 Å². The third-order valence-electron chi connectivity index (χ3n) is 3.20. The fraction of sp³-hybridized carbons (Fsp3) is 0.235. The van der Waals surface area contributed by atoms with Gasteiger partial charge in [-0.1, -0.05) is 30.8 Å². The zero-order chi connectivity index (χ0) is 15.9. The van der Waals surface area contributed by atoms with E-state index in [1.54, 1.807) is 0 Å². The van der Waals surface area contributed by atoms with E-state index in [4.69, 9.17) is 5.73 Å². The van der Waals surface area contributed by atoms with Gasteiger partial charge < -0.3 is 16.4 Å². The smallest absolute Gasteiger partial charge is 0.261 e. The van der Waals surface area contributed by atoms with Crippen LogP contribution in [0.25, 0.3) is 5.70 Å². The quantitative estimate of drug-likeness (QED) is 0.735. The zero-order valence-electron chi connectivity index (χ0n) is 12.7. The highest BCUT2D eigenvalue weighted by atomic mass is 32.1. The molecule has 4 N–H and O–H groups in total. The van der Waals surface area contributed by atoms with Crippen molar-refractivity contribution in [2.75, 3.05) is 13.1 Å². The third-order valence-corrected chi connectivity index (χ3v) is 4.20. The van der Waals surface area contributed by atoms with Crippen molar-refractivity contribution < 1.29 is 4.79 Å². The maximum absolute atomic E-state index is 12.0. The SMILES string of the molecule is C=C(NCCN)c1ccc(CNC(=O)c2ccc(C)s2)cc1. The first-order chi connectivity index (χ1) is 10.6. The molecular formula is C17H21N3OS. The molecule has 1 amide bonds. The molecule has 0 aliphatic heterocycles. The van der Waals surface area contributed by atoms with Crippen LogP contribution in [-0.4, -0.2) is 19.0 Å². The molecule has 0 bridgehead atoms. The number of amides is 1. The molecule has 0 fully saturated rings. The molecule has 0 saturated carbocycles. The molecule has 0 unspecified atom stereocenters. The number of thiophene rings is 1. The highest BCUT2D eigenvalue weighted by Crippen LogP contribution is 2.15. The van der Waals surface area contributed by atoms with Crippen LogP contribution in [-0.2, 0) is 6.54 Å². The molecule has 0 saturated heterocycles. The number of nitrogens with two attached hydrogens (primary N) is 1. The lowest BCUT2D eigenvalue weighted by Gasteiger charge is -2.10. The summed E-state index contributed by atoms with van der Waals surface area (Å²) in [7, 11) is 0. The lowest BCUT2D eigenvalue weighted by atomic mass is 10.1. The molecule has 0 spiro atoms. The van der Waals surface area contributed by atoms with Crippen LogP contribution < -0.4 is 16.4 Å². The van der Waals surface area contributed by atoms with Crippen molar-refractivity contribution in [3.63, 3.8) is 0 Å². The summed E-state index contributed by atoms with van der Waals surface area (Å²) in [4.78, 5) is 13.9. The Balaban J connectivity index is 1.88. The molecule has 2 aromatic rings. The Morgan fingerprint density at radius 1 is 1.18 bits per heavy atom. The van der Waals surface area contributed by atoms with Gasteiger partial charge in [0.05, 0.1) is 4.88 Å². The van der Waals surface area contributed by atoms with Crippen LogP contribution in [0.2, 0.25) is 0 Å². The van der Waals surface area contributed by atoms with Crippen LogP contribution in [0.5, 0.6) is 0 Å². The van der Waals surface area contributed by atoms with Crippen molar-refractivity contribution in [1.82, 2.24) is 10.6 Å². The molecule has 2 rings (SSSR count). The summed E-state index contributed by atoms with van der Waals surface area (Å²) < 4.78 is 0. The van der Waals surface area contributed by atoms with Gasteiger partial charge in [0.25, 0.3) is 5.91 Å². The van der Waals surface area contributed by atoms with Crippen LogP contribution in [0.4, 0.5) is 0 Å². The monoisotopic (exact) mass is 315 g/mol. The van der Waals surface area contributed by atoms with Crippen molar-refractivity contribution in [2.24, 2.45) is 5.73 Å². The second kappa shape index (κ2) is 7.77. The number of hydrogen-bond donors (Lipinski definition) is 3. The van der Waals surface area contributed by atoms with Crippen LogP contribution in [0, 0.1) is 6.92 Å². The van der Waals surface area contributed by atoms with E-state index in [1.807, 2.05) is 43.3 Å². The molecule has 4 nitrogen and oxygen atoms in total. The van der Waals surface area contributed by atoms with Gasteiger partial charge in [-0.3, -0.25) is 4.79 Å². The molecule has 1 aromatic heterocycles. The minimum atomic E-state index is -0.0313. The number of rotatable bonds is 7. The van der Waals surface area contributed by atoms with Gasteiger partial charge in [0.1, 0.15) is 0 Å². The third kappa shape index (κ3) is 4.44. The number of hydrogen-bond acceptors (Lipinski definition) is 4. The molecule has 0 aliphatic carbocycles. The van der Waals surface area contributed by atoms with E-state index in [0.29, 0.717) is 19.6 Å². The minimum absolute atomic E-state index is 0.0313. The highest BCUT2D eigenvalue weighted by molar-refractivity contribution is 7.13. The summed E-state index contributed by atoms with van der Waals surface area (Å²) >= 11 is 1.50. The van der Waals surface area contributed by atoms with Gasteiger partial charge in [-0.25, -0.2) is 0 Å². The Bertz CT molecular complexity index is 646. The fourth-order valence-corrected chi connectivity index (χ4v) is 2.76. The average Bonchev–Trinajstić information content (AvgIpc) is 2.97. The second-order valence-corrected chi connectivity index (χ2v) is 6.27. The van der Waals surface area contributed by atoms with Crippen LogP contribution in [0.3, 0.4) is 0 Å². The molecule has 0 atom stereocenters. The summed E-state index contributed by atoms with van der Waals surface area (Å²) in [5, 5.41) is 6.08. The summed E-state index contributed by atoms with van der Waals surface area (Å²) in [6, 6.07) is 11.8. The topological polar surface area (TPSA) is 67.2 Å². The number of nitrogens with one attached hydrogen (secondary N) is 2. The molecular weight excluding hydrogens is 294 g/mol. The number of aryl methyl sites for hydroxylation is 1. The zero-order valence-corrected chi connectivity index (χ0v) is 13.5. The Morgan fingerprint density at radius 2 is 1.91 bits per heavy atom. The van der Waals surface area contributed by atoms with E-state index in [9.17, 15) is 4.79 Å². The van der Waals surface area contributed by atoms with Gasteiger partial charge >= 0.3 is 0 Å². The fourth-order valence-electron chi connectivity index (χ4n) is 1.97. The van der Waals surface area contributed by atoms with Gasteiger partial charge in [-0.05, 0) is 30.2 Å². The summed E-state index contributed by atoms with van der Waals surface area (Å²) in [5.41, 5.74) is 8.39. The van der Waals surface area contributed by atoms with E-state index in [-0.39, 0.29) is 5.91 Å². The largest absolute Gasteiger partial charge is 0.384 e. The van der Waals surface area contributed by atoms with Crippen molar-refractivity contribution >= 4 is 22.9 Å². The Labute approximate surface area is 135 Å². The molecule has 0 radical (unpaired) electrons. The molecule has 116 valence electrons. The van der Waals surface area contributed by atoms with E-state index < -0.39 is 0 Å². The van der Waals surface area contributed by atoms with Crippen LogP contribution >= 0.6 is 11.3 Å². The first-order valence-corrected chi connectivity index (χ1v) is 7.98. The maximum Gasteiger partial charge on any atom is 0.261 e. The van der Waals surface area contributed by atoms with E-state index >= 15 is 0 Å². The summed E-state index contributed by atoms with van der Waals surface area (Å²) in [6.07, 6.45) is 0. The standard InChI is InChI=1S/C17H21N3OS/c1-12-3-8-16(22-12)17(21)20-11-14-4-6-15(7-5-14)13(2)19-10-9-18/h3-8,19H,2,9-11,18H2,1H3,(H,20,21). The second-order valence-electron chi connectivity index (χ2n) is 4.98.